The molecule has 19 heavy (non-hydrogen) atoms. The Morgan fingerprint density at radius 1 is 1.16 bits per heavy atom. The molecule has 0 aromatic heterocycles. The van der Waals surface area contributed by atoms with Crippen molar-refractivity contribution in [3.05, 3.63) is 0 Å². The number of nitrogens with zero attached hydrogens (tertiary/aromatic N) is 1. The lowest BCUT2D eigenvalue weighted by molar-refractivity contribution is -0.163. The number of carbonyl (C=O) groups is 3. The van der Waals surface area contributed by atoms with E-state index in [1.807, 2.05) is 11.9 Å². The van der Waals surface area contributed by atoms with Crippen LogP contribution in [0.25, 0.3) is 0 Å². The maximum atomic E-state index is 12.2. The zero-order valence-corrected chi connectivity index (χ0v) is 11.5. The SMILES string of the molecule is COC(=O)CNC(=O)C1(C(=O)OC)CCN(C)CC1. The van der Waals surface area contributed by atoms with Crippen LogP contribution >= 0.6 is 0 Å². The zero-order valence-electron chi connectivity index (χ0n) is 11.5. The van der Waals surface area contributed by atoms with E-state index in [0.29, 0.717) is 25.9 Å². The second kappa shape index (κ2) is 6.51. The summed E-state index contributed by atoms with van der Waals surface area (Å²) in [6.45, 7) is 1.01. The van der Waals surface area contributed by atoms with Crippen LogP contribution in [-0.4, -0.2) is 63.6 Å². The normalized spacial score (nSPS) is 18.5. The van der Waals surface area contributed by atoms with Gasteiger partial charge in [0.25, 0.3) is 0 Å². The van der Waals surface area contributed by atoms with Gasteiger partial charge in [-0.3, -0.25) is 14.4 Å². The average molecular weight is 272 g/mol. The smallest absolute Gasteiger partial charge is 0.325 e. The molecule has 0 radical (unpaired) electrons. The van der Waals surface area contributed by atoms with Crippen LogP contribution in [0.3, 0.4) is 0 Å². The minimum atomic E-state index is -1.20. The lowest BCUT2D eigenvalue weighted by atomic mass is 9.77. The van der Waals surface area contributed by atoms with Crippen molar-refractivity contribution < 1.29 is 23.9 Å². The third-order valence-corrected chi connectivity index (χ3v) is 3.47. The largest absolute Gasteiger partial charge is 0.468 e. The highest BCUT2D eigenvalue weighted by Gasteiger charge is 2.48. The second-order valence-electron chi connectivity index (χ2n) is 4.64. The summed E-state index contributed by atoms with van der Waals surface area (Å²) in [5, 5.41) is 2.44. The number of carbonyl (C=O) groups excluding carboxylic acids is 3. The summed E-state index contributed by atoms with van der Waals surface area (Å²) in [4.78, 5) is 37.2. The van der Waals surface area contributed by atoms with E-state index in [9.17, 15) is 14.4 Å². The Hall–Kier alpha value is -1.63. The maximum Gasteiger partial charge on any atom is 0.325 e. The number of hydrogen-bond donors (Lipinski definition) is 1. The van der Waals surface area contributed by atoms with Crippen LogP contribution in [0.1, 0.15) is 12.8 Å². The summed E-state index contributed by atoms with van der Waals surface area (Å²) >= 11 is 0. The number of piperidine rings is 1. The number of amides is 1. The van der Waals surface area contributed by atoms with Crippen LogP contribution in [0.4, 0.5) is 0 Å². The number of nitrogens with one attached hydrogen (secondary N) is 1. The van der Waals surface area contributed by atoms with E-state index in [1.165, 1.54) is 14.2 Å². The van der Waals surface area contributed by atoms with E-state index in [4.69, 9.17) is 4.74 Å². The lowest BCUT2D eigenvalue weighted by Gasteiger charge is -2.36. The van der Waals surface area contributed by atoms with Crippen molar-refractivity contribution in [2.45, 2.75) is 12.8 Å². The van der Waals surface area contributed by atoms with E-state index < -0.39 is 23.3 Å². The second-order valence-corrected chi connectivity index (χ2v) is 4.64. The molecule has 1 heterocycles. The molecule has 1 fully saturated rings. The first-order chi connectivity index (χ1) is 8.96. The van der Waals surface area contributed by atoms with Crippen LogP contribution in [0.5, 0.6) is 0 Å². The van der Waals surface area contributed by atoms with E-state index >= 15 is 0 Å². The molecule has 0 aromatic carbocycles. The number of hydrogen-bond acceptors (Lipinski definition) is 6. The molecule has 0 saturated carbocycles. The predicted octanol–water partition coefficient (Wildman–Crippen LogP) is -0.839. The van der Waals surface area contributed by atoms with Gasteiger partial charge in [0.1, 0.15) is 12.0 Å². The van der Waals surface area contributed by atoms with Crippen LogP contribution in [0.15, 0.2) is 0 Å². The first-order valence-corrected chi connectivity index (χ1v) is 6.08. The first kappa shape index (κ1) is 15.4. The molecule has 0 aromatic rings. The molecule has 0 unspecified atom stereocenters. The van der Waals surface area contributed by atoms with Crippen LogP contribution < -0.4 is 5.32 Å². The lowest BCUT2D eigenvalue weighted by Crippen LogP contribution is -2.53. The minimum Gasteiger partial charge on any atom is -0.468 e. The van der Waals surface area contributed by atoms with Crippen molar-refractivity contribution in [1.29, 1.82) is 0 Å². The fourth-order valence-electron chi connectivity index (χ4n) is 2.11. The summed E-state index contributed by atoms with van der Waals surface area (Å²) in [5.74, 6) is -1.58. The van der Waals surface area contributed by atoms with Gasteiger partial charge < -0.3 is 19.7 Å². The summed E-state index contributed by atoms with van der Waals surface area (Å²) in [6, 6.07) is 0. The number of rotatable bonds is 4. The molecule has 0 atom stereocenters. The van der Waals surface area contributed by atoms with Crippen molar-refractivity contribution in [2.24, 2.45) is 5.41 Å². The third-order valence-electron chi connectivity index (χ3n) is 3.47. The zero-order chi connectivity index (χ0) is 14.5. The Balaban J connectivity index is 2.77. The van der Waals surface area contributed by atoms with Crippen LogP contribution in [0.2, 0.25) is 0 Å². The molecular formula is C12H20N2O5. The van der Waals surface area contributed by atoms with Crippen molar-refractivity contribution in [3.8, 4) is 0 Å². The minimum absolute atomic E-state index is 0.246. The molecule has 1 N–H and O–H groups in total. The standard InChI is InChI=1S/C12H20N2O5/c1-14-6-4-12(5-7-14,11(17)19-3)10(16)13-8-9(15)18-2/h4-8H2,1-3H3,(H,13,16). The Labute approximate surface area is 112 Å². The van der Waals surface area contributed by atoms with Gasteiger partial charge >= 0.3 is 11.9 Å². The number of esters is 2. The third kappa shape index (κ3) is 3.44. The van der Waals surface area contributed by atoms with E-state index in [1.54, 1.807) is 0 Å². The maximum absolute atomic E-state index is 12.2. The fourth-order valence-corrected chi connectivity index (χ4v) is 2.11. The summed E-state index contributed by atoms with van der Waals surface area (Å²) in [6.07, 6.45) is 0.756. The van der Waals surface area contributed by atoms with E-state index in [2.05, 4.69) is 10.1 Å². The topological polar surface area (TPSA) is 84.9 Å². The molecule has 1 aliphatic heterocycles. The number of ether oxygens (including phenoxy) is 2. The van der Waals surface area contributed by atoms with Crippen molar-refractivity contribution in [1.82, 2.24) is 10.2 Å². The molecule has 0 bridgehead atoms. The Morgan fingerprint density at radius 2 is 1.74 bits per heavy atom. The van der Waals surface area contributed by atoms with Gasteiger partial charge in [0, 0.05) is 0 Å². The van der Waals surface area contributed by atoms with Crippen LogP contribution in [0, 0.1) is 5.41 Å². The molecule has 1 saturated heterocycles. The predicted molar refractivity (Wildman–Crippen MR) is 66.2 cm³/mol. The van der Waals surface area contributed by atoms with Crippen molar-refractivity contribution in [2.75, 3.05) is 40.9 Å². The number of likely N-dealkylation sites (tertiary alicyclic amines) is 1. The molecule has 1 amide bonds. The van der Waals surface area contributed by atoms with Gasteiger partial charge in [-0.05, 0) is 33.0 Å². The van der Waals surface area contributed by atoms with E-state index in [0.717, 1.165) is 0 Å². The molecule has 1 aliphatic rings. The van der Waals surface area contributed by atoms with Gasteiger partial charge in [0.2, 0.25) is 5.91 Å². The highest BCUT2D eigenvalue weighted by molar-refractivity contribution is 6.03. The fraction of sp³-hybridized carbons (Fsp3) is 0.750. The summed E-state index contributed by atoms with van der Waals surface area (Å²) in [5.41, 5.74) is -1.20. The van der Waals surface area contributed by atoms with Gasteiger partial charge in [-0.1, -0.05) is 0 Å². The highest BCUT2D eigenvalue weighted by Crippen LogP contribution is 2.32. The van der Waals surface area contributed by atoms with Gasteiger partial charge in [-0.25, -0.2) is 0 Å². The quantitative estimate of drug-likeness (QED) is 0.530. The molecule has 1 rings (SSSR count). The van der Waals surface area contributed by atoms with Crippen LogP contribution in [-0.2, 0) is 23.9 Å². The molecule has 7 nitrogen and oxygen atoms in total. The Morgan fingerprint density at radius 3 is 2.21 bits per heavy atom. The molecular weight excluding hydrogens is 252 g/mol. The number of methoxy groups -OCH3 is 2. The Bertz CT molecular complexity index is 361. The molecule has 108 valence electrons. The first-order valence-electron chi connectivity index (χ1n) is 6.08. The average Bonchev–Trinajstić information content (AvgIpc) is 2.44. The monoisotopic (exact) mass is 272 g/mol. The summed E-state index contributed by atoms with van der Waals surface area (Å²) in [7, 11) is 4.42. The van der Waals surface area contributed by atoms with Crippen molar-refractivity contribution >= 4 is 17.8 Å². The molecule has 0 aliphatic carbocycles. The summed E-state index contributed by atoms with van der Waals surface area (Å²) < 4.78 is 9.19. The highest BCUT2D eigenvalue weighted by atomic mass is 16.5. The van der Waals surface area contributed by atoms with Gasteiger partial charge in [-0.15, -0.1) is 0 Å². The Kier molecular flexibility index (Phi) is 5.29. The van der Waals surface area contributed by atoms with E-state index in [-0.39, 0.29) is 6.54 Å². The van der Waals surface area contributed by atoms with Gasteiger partial charge in [0.05, 0.1) is 14.2 Å². The molecule has 0 spiro atoms. The van der Waals surface area contributed by atoms with Gasteiger partial charge in [-0.2, -0.15) is 0 Å². The van der Waals surface area contributed by atoms with Crippen molar-refractivity contribution in [3.63, 3.8) is 0 Å². The van der Waals surface area contributed by atoms with Gasteiger partial charge in [0.15, 0.2) is 0 Å². The molecule has 7 heteroatoms.